The van der Waals surface area contributed by atoms with Crippen molar-refractivity contribution >= 4 is 28.5 Å². The fraction of sp³-hybridized carbons (Fsp3) is 0.231. The van der Waals surface area contributed by atoms with Crippen LogP contribution < -0.4 is 9.47 Å². The maximum absolute atomic E-state index is 13.3. The SMILES string of the molecule is Cc1noc(COC(=O)c2c3c(nc4ccccc24)/C(=C/c2ccc4c(c2)OCO4)CCC3)n1. The van der Waals surface area contributed by atoms with Crippen molar-refractivity contribution in [3.63, 3.8) is 0 Å². The molecule has 6 rings (SSSR count). The highest BCUT2D eigenvalue weighted by Crippen LogP contribution is 2.38. The molecule has 8 nitrogen and oxygen atoms in total. The molecular weight excluding hydrogens is 434 g/mol. The summed E-state index contributed by atoms with van der Waals surface area (Å²) in [5, 5.41) is 4.52. The van der Waals surface area contributed by atoms with Crippen molar-refractivity contribution in [2.45, 2.75) is 32.8 Å². The zero-order chi connectivity index (χ0) is 23.1. The van der Waals surface area contributed by atoms with Gasteiger partial charge < -0.3 is 18.7 Å². The summed E-state index contributed by atoms with van der Waals surface area (Å²) in [5.41, 5.74) is 5.12. The van der Waals surface area contributed by atoms with Gasteiger partial charge in [0.1, 0.15) is 0 Å². The van der Waals surface area contributed by atoms with Gasteiger partial charge in [0.25, 0.3) is 5.89 Å². The number of para-hydroxylation sites is 1. The fourth-order valence-electron chi connectivity index (χ4n) is 4.51. The van der Waals surface area contributed by atoms with Crippen LogP contribution in [-0.4, -0.2) is 27.9 Å². The van der Waals surface area contributed by atoms with Gasteiger partial charge in [-0.2, -0.15) is 4.98 Å². The zero-order valence-corrected chi connectivity index (χ0v) is 18.5. The third kappa shape index (κ3) is 3.67. The lowest BCUT2D eigenvalue weighted by Crippen LogP contribution is -2.15. The molecule has 0 bridgehead atoms. The molecule has 0 fully saturated rings. The molecule has 0 spiro atoms. The molecule has 170 valence electrons. The zero-order valence-electron chi connectivity index (χ0n) is 18.5. The van der Waals surface area contributed by atoms with Gasteiger partial charge in [-0.1, -0.05) is 29.4 Å². The van der Waals surface area contributed by atoms with Crippen molar-refractivity contribution in [1.82, 2.24) is 15.1 Å². The minimum absolute atomic E-state index is 0.0784. The van der Waals surface area contributed by atoms with Crippen LogP contribution in [0.3, 0.4) is 0 Å². The molecule has 4 aromatic rings. The Morgan fingerprint density at radius 1 is 1.09 bits per heavy atom. The van der Waals surface area contributed by atoms with Crippen molar-refractivity contribution in [2.24, 2.45) is 0 Å². The van der Waals surface area contributed by atoms with Crippen LogP contribution in [-0.2, 0) is 17.8 Å². The summed E-state index contributed by atoms with van der Waals surface area (Å²) in [6.07, 6.45) is 4.63. The number of rotatable bonds is 4. The molecule has 0 atom stereocenters. The van der Waals surface area contributed by atoms with Crippen molar-refractivity contribution in [1.29, 1.82) is 0 Å². The molecule has 0 N–H and O–H groups in total. The molecule has 1 aliphatic carbocycles. The lowest BCUT2D eigenvalue weighted by Gasteiger charge is -2.22. The fourth-order valence-corrected chi connectivity index (χ4v) is 4.51. The first-order valence-electron chi connectivity index (χ1n) is 11.1. The minimum atomic E-state index is -0.421. The Hall–Kier alpha value is -4.20. The molecule has 8 heteroatoms. The Morgan fingerprint density at radius 2 is 1.97 bits per heavy atom. The molecule has 3 heterocycles. The van der Waals surface area contributed by atoms with Gasteiger partial charge in [0, 0.05) is 5.39 Å². The monoisotopic (exact) mass is 455 g/mol. The number of aromatic nitrogens is 3. The summed E-state index contributed by atoms with van der Waals surface area (Å²) < 4.78 is 21.6. The number of aryl methyl sites for hydroxylation is 1. The van der Waals surface area contributed by atoms with Crippen LogP contribution in [0.1, 0.15) is 51.7 Å². The van der Waals surface area contributed by atoms with Crippen LogP contribution in [0.4, 0.5) is 0 Å². The molecule has 2 aliphatic rings. The molecule has 0 saturated carbocycles. The number of carbonyl (C=O) groups is 1. The maximum atomic E-state index is 13.3. The van der Waals surface area contributed by atoms with Gasteiger partial charge in [0.05, 0.1) is 16.8 Å². The highest BCUT2D eigenvalue weighted by molar-refractivity contribution is 6.06. The lowest BCUT2D eigenvalue weighted by atomic mass is 9.86. The number of ether oxygens (including phenoxy) is 3. The van der Waals surface area contributed by atoms with E-state index in [9.17, 15) is 4.79 Å². The largest absolute Gasteiger partial charge is 0.454 e. The van der Waals surface area contributed by atoms with Crippen molar-refractivity contribution < 1.29 is 23.5 Å². The number of pyridine rings is 1. The highest BCUT2D eigenvalue weighted by Gasteiger charge is 2.26. The minimum Gasteiger partial charge on any atom is -0.454 e. The maximum Gasteiger partial charge on any atom is 0.339 e. The number of carbonyl (C=O) groups excluding carboxylic acids is 1. The molecule has 1 aliphatic heterocycles. The van der Waals surface area contributed by atoms with Crippen molar-refractivity contribution in [2.75, 3.05) is 6.79 Å². The molecule has 0 radical (unpaired) electrons. The summed E-state index contributed by atoms with van der Waals surface area (Å²) in [4.78, 5) is 22.4. The van der Waals surface area contributed by atoms with Gasteiger partial charge in [-0.3, -0.25) is 0 Å². The van der Waals surface area contributed by atoms with E-state index in [-0.39, 0.29) is 19.3 Å². The van der Waals surface area contributed by atoms with Crippen LogP contribution in [0.25, 0.3) is 22.6 Å². The van der Waals surface area contributed by atoms with Crippen LogP contribution in [0, 0.1) is 6.92 Å². The molecule has 34 heavy (non-hydrogen) atoms. The van der Waals surface area contributed by atoms with Crippen molar-refractivity contribution in [3.8, 4) is 11.5 Å². The predicted molar refractivity (Wildman–Crippen MR) is 123 cm³/mol. The molecule has 2 aromatic heterocycles. The van der Waals surface area contributed by atoms with E-state index in [1.165, 1.54) is 0 Å². The number of benzene rings is 2. The van der Waals surface area contributed by atoms with Crippen LogP contribution in [0.15, 0.2) is 47.0 Å². The van der Waals surface area contributed by atoms with E-state index in [2.05, 4.69) is 16.2 Å². The van der Waals surface area contributed by atoms with Gasteiger partial charge in [-0.15, -0.1) is 0 Å². The quantitative estimate of drug-likeness (QED) is 0.401. The van der Waals surface area contributed by atoms with E-state index in [4.69, 9.17) is 23.7 Å². The number of hydrogen-bond acceptors (Lipinski definition) is 8. The summed E-state index contributed by atoms with van der Waals surface area (Å²) in [5.74, 6) is 1.82. The first-order chi connectivity index (χ1) is 16.7. The molecule has 0 unspecified atom stereocenters. The van der Waals surface area contributed by atoms with E-state index in [0.29, 0.717) is 11.4 Å². The average molecular weight is 455 g/mol. The van der Waals surface area contributed by atoms with Gasteiger partial charge in [0.15, 0.2) is 23.9 Å². The summed E-state index contributed by atoms with van der Waals surface area (Å²) in [6, 6.07) is 13.5. The first kappa shape index (κ1) is 20.4. The molecule has 0 amide bonds. The predicted octanol–water partition coefficient (Wildman–Crippen LogP) is 4.89. The molecule has 2 aromatic carbocycles. The Kier molecular flexibility index (Phi) is 4.98. The van der Waals surface area contributed by atoms with E-state index in [1.54, 1.807) is 6.92 Å². The highest BCUT2D eigenvalue weighted by atomic mass is 16.7. The third-order valence-corrected chi connectivity index (χ3v) is 6.01. The topological polar surface area (TPSA) is 96.6 Å². The van der Waals surface area contributed by atoms with Gasteiger partial charge in [0.2, 0.25) is 6.79 Å². The Morgan fingerprint density at radius 3 is 2.85 bits per heavy atom. The lowest BCUT2D eigenvalue weighted by molar-refractivity contribution is 0.0430. The molecular formula is C26H21N3O5. The van der Waals surface area contributed by atoms with Crippen LogP contribution >= 0.6 is 0 Å². The van der Waals surface area contributed by atoms with Crippen molar-refractivity contribution in [3.05, 3.63) is 76.6 Å². The normalized spacial score (nSPS) is 15.5. The van der Waals surface area contributed by atoms with E-state index >= 15 is 0 Å². The smallest absolute Gasteiger partial charge is 0.339 e. The van der Waals surface area contributed by atoms with Gasteiger partial charge >= 0.3 is 5.97 Å². The number of esters is 1. The van der Waals surface area contributed by atoms with E-state index in [0.717, 1.165) is 64.1 Å². The third-order valence-electron chi connectivity index (χ3n) is 6.01. The second-order valence-corrected chi connectivity index (χ2v) is 8.28. The summed E-state index contributed by atoms with van der Waals surface area (Å²) in [7, 11) is 0. The first-order valence-corrected chi connectivity index (χ1v) is 11.1. The van der Waals surface area contributed by atoms with Crippen LogP contribution in [0.5, 0.6) is 11.5 Å². The number of fused-ring (bicyclic) bond motifs is 3. The van der Waals surface area contributed by atoms with Crippen LogP contribution in [0.2, 0.25) is 0 Å². The number of nitrogens with zero attached hydrogens (tertiary/aromatic N) is 3. The summed E-state index contributed by atoms with van der Waals surface area (Å²) >= 11 is 0. The van der Waals surface area contributed by atoms with E-state index in [1.807, 2.05) is 42.5 Å². The van der Waals surface area contributed by atoms with Gasteiger partial charge in [-0.25, -0.2) is 9.78 Å². The number of hydrogen-bond donors (Lipinski definition) is 0. The second kappa shape index (κ2) is 8.30. The standard InChI is InChI=1S/C26H21N3O5/c1-15-27-23(34-29-15)13-31-26(30)24-18-6-2-3-8-20(18)28-25-17(5-4-7-19(24)25)11-16-9-10-21-22(12-16)33-14-32-21/h2-3,6,8-12H,4-5,7,13-14H2,1H3/b17-11+. The average Bonchev–Trinajstić information content (AvgIpc) is 3.49. The Bertz CT molecular complexity index is 1460. The van der Waals surface area contributed by atoms with Gasteiger partial charge in [-0.05, 0) is 67.2 Å². The molecule has 0 saturated heterocycles. The van der Waals surface area contributed by atoms with E-state index < -0.39 is 5.97 Å². The Labute approximate surface area is 195 Å². The Balaban J connectivity index is 1.42. The summed E-state index contributed by atoms with van der Waals surface area (Å²) in [6.45, 7) is 1.88. The second-order valence-electron chi connectivity index (χ2n) is 8.28. The number of allylic oxidation sites excluding steroid dienone is 1.